The fourth-order valence-electron chi connectivity index (χ4n) is 5.85. The van der Waals surface area contributed by atoms with Gasteiger partial charge in [0.05, 0.1) is 15.6 Å². The van der Waals surface area contributed by atoms with Gasteiger partial charge >= 0.3 is 0 Å². The monoisotopic (exact) mass is 591 g/mol. The van der Waals surface area contributed by atoms with E-state index < -0.39 is 0 Å². The predicted octanol–water partition coefficient (Wildman–Crippen LogP) is 7.71. The predicted molar refractivity (Wildman–Crippen MR) is 143 cm³/mol. The number of allylic oxidation sites excluding steroid dienone is 4. The Kier molecular flexibility index (Phi) is 6.98. The maximum absolute atomic E-state index is 13.7. The molecular weight excluding hydrogens is 558 g/mol. The molecule has 1 heterocycles. The Morgan fingerprint density at radius 2 is 1.35 bits per heavy atom. The Morgan fingerprint density at radius 3 is 1.76 bits per heavy atom. The van der Waals surface area contributed by atoms with Crippen molar-refractivity contribution in [3.8, 4) is 5.75 Å². The van der Waals surface area contributed by atoms with Crippen LogP contribution < -0.4 is 4.74 Å². The summed E-state index contributed by atoms with van der Waals surface area (Å²) in [6.07, 6.45) is 3.59. The normalized spacial score (nSPS) is 22.2. The van der Waals surface area contributed by atoms with Crippen molar-refractivity contribution in [2.45, 2.75) is 79.6 Å². The van der Waals surface area contributed by atoms with Crippen molar-refractivity contribution in [2.75, 3.05) is 13.2 Å². The molecule has 0 radical (unpaired) electrons. The topological polar surface area (TPSA) is 46.6 Å². The lowest BCUT2D eigenvalue weighted by molar-refractivity contribution is -0.119. The van der Waals surface area contributed by atoms with E-state index in [0.29, 0.717) is 19.4 Å². The molecule has 0 aromatic heterocycles. The molecule has 1 aromatic carbocycles. The zero-order valence-electron chi connectivity index (χ0n) is 21.1. The summed E-state index contributed by atoms with van der Waals surface area (Å²) in [5.74, 6) is 0.745. The van der Waals surface area contributed by atoms with Crippen molar-refractivity contribution in [1.82, 2.24) is 4.90 Å². The highest BCUT2D eigenvalue weighted by Gasteiger charge is 2.48. The Morgan fingerprint density at radius 1 is 0.882 bits per heavy atom. The van der Waals surface area contributed by atoms with Gasteiger partial charge in [-0.15, -0.1) is 0 Å². The number of ketones is 2. The maximum atomic E-state index is 13.7. The van der Waals surface area contributed by atoms with Gasteiger partial charge in [0.25, 0.3) is 0 Å². The summed E-state index contributed by atoms with van der Waals surface area (Å²) in [5.41, 5.74) is 4.61. The molecule has 4 nitrogen and oxygen atoms in total. The first-order valence-electron chi connectivity index (χ1n) is 12.3. The summed E-state index contributed by atoms with van der Waals surface area (Å²) in [6.45, 7) is 14.3. The fraction of sp³-hybridized carbons (Fsp3) is 0.571. The van der Waals surface area contributed by atoms with Crippen LogP contribution in [-0.2, 0) is 9.59 Å². The van der Waals surface area contributed by atoms with Gasteiger partial charge in [0.1, 0.15) is 5.75 Å². The van der Waals surface area contributed by atoms with E-state index in [2.05, 4.69) is 78.3 Å². The molecular formula is C28H35Br2NO3. The number of hydrogen-bond donors (Lipinski definition) is 0. The van der Waals surface area contributed by atoms with E-state index in [0.717, 1.165) is 68.6 Å². The minimum absolute atomic E-state index is 0.0981. The number of carbonyl (C=O) groups is 2. The summed E-state index contributed by atoms with van der Waals surface area (Å²) in [4.78, 5) is 29.7. The molecule has 3 aliphatic rings. The highest BCUT2D eigenvalue weighted by Crippen LogP contribution is 2.55. The Balaban J connectivity index is 1.96. The molecule has 0 atom stereocenters. The number of ether oxygens (including phenoxy) is 1. The van der Waals surface area contributed by atoms with Gasteiger partial charge in [-0.3, -0.25) is 9.59 Å². The molecule has 6 heteroatoms. The Bertz CT molecular complexity index is 1040. The van der Waals surface area contributed by atoms with Crippen LogP contribution in [0.15, 0.2) is 43.6 Å². The third kappa shape index (κ3) is 4.57. The van der Waals surface area contributed by atoms with E-state index in [9.17, 15) is 9.59 Å². The molecule has 0 N–H and O–H groups in total. The van der Waals surface area contributed by atoms with Crippen molar-refractivity contribution in [3.63, 3.8) is 0 Å². The minimum Gasteiger partial charge on any atom is -0.491 e. The van der Waals surface area contributed by atoms with Crippen LogP contribution in [0.2, 0.25) is 0 Å². The van der Waals surface area contributed by atoms with E-state index in [1.807, 2.05) is 12.1 Å². The van der Waals surface area contributed by atoms with Crippen LogP contribution in [0.3, 0.4) is 0 Å². The SMILES string of the molecule is CCCOc1c(Br)cc(C2C3=C(CC(C)(C)CC3=O)N(CC)C3=C2C(=O)CC(C)(C)C3)cc1Br. The third-order valence-electron chi connectivity index (χ3n) is 7.14. The molecule has 4 rings (SSSR count). The number of rotatable bonds is 5. The van der Waals surface area contributed by atoms with Gasteiger partial charge in [0.2, 0.25) is 0 Å². The molecule has 1 aromatic rings. The lowest BCUT2D eigenvalue weighted by atomic mass is 9.63. The lowest BCUT2D eigenvalue weighted by Crippen LogP contribution is -2.44. The van der Waals surface area contributed by atoms with Gasteiger partial charge < -0.3 is 9.64 Å². The second-order valence-corrected chi connectivity index (χ2v) is 13.2. The van der Waals surface area contributed by atoms with E-state index >= 15 is 0 Å². The van der Waals surface area contributed by atoms with E-state index in [1.165, 1.54) is 0 Å². The van der Waals surface area contributed by atoms with Gasteiger partial charge in [-0.25, -0.2) is 0 Å². The number of nitrogens with zero attached hydrogens (tertiary/aromatic N) is 1. The third-order valence-corrected chi connectivity index (χ3v) is 8.32. The number of benzene rings is 1. The van der Waals surface area contributed by atoms with E-state index in [4.69, 9.17) is 4.74 Å². The van der Waals surface area contributed by atoms with Crippen LogP contribution in [0.4, 0.5) is 0 Å². The Hall–Kier alpha value is -1.40. The molecule has 0 amide bonds. The summed E-state index contributed by atoms with van der Waals surface area (Å²) in [6, 6.07) is 4.08. The molecule has 34 heavy (non-hydrogen) atoms. The second-order valence-electron chi connectivity index (χ2n) is 11.4. The quantitative estimate of drug-likeness (QED) is 0.351. The van der Waals surface area contributed by atoms with Crippen molar-refractivity contribution >= 4 is 43.4 Å². The summed E-state index contributed by atoms with van der Waals surface area (Å²) < 4.78 is 7.61. The zero-order chi connectivity index (χ0) is 25.0. The van der Waals surface area contributed by atoms with Crippen LogP contribution in [0.25, 0.3) is 0 Å². The standard InChI is InChI=1S/C28H35Br2NO3/c1-7-9-34-26-17(29)10-16(11-18(26)30)23-24-19(12-27(3,4)14-21(24)32)31(8-2)20-13-28(5,6)15-22(33)25(20)23/h10-11,23H,7-9,12-15H2,1-6H3. The van der Waals surface area contributed by atoms with E-state index in [1.54, 1.807) is 0 Å². The van der Waals surface area contributed by atoms with Crippen LogP contribution in [0.5, 0.6) is 5.75 Å². The van der Waals surface area contributed by atoms with Crippen molar-refractivity contribution in [3.05, 3.63) is 49.2 Å². The molecule has 184 valence electrons. The molecule has 0 fully saturated rings. The first kappa shape index (κ1) is 25.7. The molecule has 0 bridgehead atoms. The van der Waals surface area contributed by atoms with Gasteiger partial charge in [-0.05, 0) is 86.6 Å². The van der Waals surface area contributed by atoms with Crippen molar-refractivity contribution < 1.29 is 14.3 Å². The highest BCUT2D eigenvalue weighted by molar-refractivity contribution is 9.11. The van der Waals surface area contributed by atoms with Crippen LogP contribution in [0, 0.1) is 10.8 Å². The van der Waals surface area contributed by atoms with Gasteiger partial charge in [-0.2, -0.15) is 0 Å². The van der Waals surface area contributed by atoms with Crippen molar-refractivity contribution in [2.24, 2.45) is 10.8 Å². The second kappa shape index (κ2) is 9.24. The van der Waals surface area contributed by atoms with Gasteiger partial charge in [-0.1, -0.05) is 34.6 Å². The van der Waals surface area contributed by atoms with Crippen LogP contribution in [-0.4, -0.2) is 29.6 Å². The Labute approximate surface area is 220 Å². The van der Waals surface area contributed by atoms with Gasteiger partial charge in [0.15, 0.2) is 11.6 Å². The average molecular weight is 593 g/mol. The first-order chi connectivity index (χ1) is 15.9. The molecule has 0 saturated carbocycles. The van der Waals surface area contributed by atoms with Crippen LogP contribution >= 0.6 is 31.9 Å². The fourth-order valence-corrected chi connectivity index (χ4v) is 7.30. The molecule has 1 aliphatic heterocycles. The molecule has 0 saturated heterocycles. The smallest absolute Gasteiger partial charge is 0.162 e. The van der Waals surface area contributed by atoms with Gasteiger partial charge in [0, 0.05) is 47.8 Å². The lowest BCUT2D eigenvalue weighted by Gasteiger charge is -2.49. The summed E-state index contributed by atoms with van der Waals surface area (Å²) in [7, 11) is 0. The molecule has 2 aliphatic carbocycles. The molecule has 0 unspecified atom stereocenters. The number of hydrogen-bond acceptors (Lipinski definition) is 4. The van der Waals surface area contributed by atoms with Crippen LogP contribution in [0.1, 0.15) is 85.1 Å². The number of carbonyl (C=O) groups excluding carboxylic acids is 2. The first-order valence-corrected chi connectivity index (χ1v) is 13.9. The largest absolute Gasteiger partial charge is 0.491 e. The minimum atomic E-state index is -0.340. The number of Topliss-reactive ketones (excluding diaryl/α,β-unsaturated/α-hetero) is 2. The maximum Gasteiger partial charge on any atom is 0.162 e. The average Bonchev–Trinajstić information content (AvgIpc) is 2.70. The summed E-state index contributed by atoms with van der Waals surface area (Å²) >= 11 is 7.39. The highest BCUT2D eigenvalue weighted by atomic mass is 79.9. The molecule has 0 spiro atoms. The number of halogens is 2. The van der Waals surface area contributed by atoms with Crippen molar-refractivity contribution in [1.29, 1.82) is 0 Å². The van der Waals surface area contributed by atoms with E-state index in [-0.39, 0.29) is 28.3 Å². The summed E-state index contributed by atoms with van der Waals surface area (Å²) in [5, 5.41) is 0. The zero-order valence-corrected chi connectivity index (χ0v) is 24.3.